The number of fused-ring (bicyclic) bond motifs is 1. The standard InChI is InChI=1S/C24H26ClN3O5/c25-18-3-1-16(2-4-18)20(27-7-9-31-10-8-27)13-26-24(30)17-11-23(29)28(14-17)19-5-6-21-22(12-19)33-15-32-21/h1-6,12,17,20H,7-11,13-15H2,(H,26,30). The third-order valence-electron chi connectivity index (χ3n) is 6.37. The monoisotopic (exact) mass is 471 g/mol. The second-order valence-corrected chi connectivity index (χ2v) is 8.84. The summed E-state index contributed by atoms with van der Waals surface area (Å²) in [5.74, 6) is 0.689. The van der Waals surface area contributed by atoms with Crippen LogP contribution >= 0.6 is 11.6 Å². The molecule has 0 bridgehead atoms. The van der Waals surface area contributed by atoms with Crippen LogP contribution in [0.1, 0.15) is 18.0 Å². The maximum Gasteiger partial charge on any atom is 0.231 e. The number of morpholine rings is 1. The second kappa shape index (κ2) is 9.59. The van der Waals surface area contributed by atoms with E-state index in [4.69, 9.17) is 25.8 Å². The number of ether oxygens (including phenoxy) is 3. The molecule has 2 aromatic carbocycles. The molecule has 0 spiro atoms. The molecule has 2 unspecified atom stereocenters. The van der Waals surface area contributed by atoms with E-state index in [1.54, 1.807) is 17.0 Å². The number of carbonyl (C=O) groups is 2. The van der Waals surface area contributed by atoms with Gasteiger partial charge in [-0.1, -0.05) is 23.7 Å². The summed E-state index contributed by atoms with van der Waals surface area (Å²) < 4.78 is 16.3. The van der Waals surface area contributed by atoms with Crippen LogP contribution < -0.4 is 19.7 Å². The highest BCUT2D eigenvalue weighted by Crippen LogP contribution is 2.37. The van der Waals surface area contributed by atoms with Gasteiger partial charge in [-0.2, -0.15) is 0 Å². The zero-order valence-corrected chi connectivity index (χ0v) is 18.9. The molecule has 5 rings (SSSR count). The zero-order chi connectivity index (χ0) is 22.8. The summed E-state index contributed by atoms with van der Waals surface area (Å²) in [5.41, 5.74) is 1.80. The summed E-state index contributed by atoms with van der Waals surface area (Å²) in [5, 5.41) is 3.77. The minimum Gasteiger partial charge on any atom is -0.454 e. The van der Waals surface area contributed by atoms with Crippen LogP contribution in [0.5, 0.6) is 11.5 Å². The molecule has 2 atom stereocenters. The van der Waals surface area contributed by atoms with Crippen LogP contribution in [0.4, 0.5) is 5.69 Å². The quantitative estimate of drug-likeness (QED) is 0.697. The first-order valence-electron chi connectivity index (χ1n) is 11.1. The van der Waals surface area contributed by atoms with Crippen molar-refractivity contribution in [1.29, 1.82) is 0 Å². The molecule has 8 nitrogen and oxygen atoms in total. The Hall–Kier alpha value is -2.81. The van der Waals surface area contributed by atoms with Crippen molar-refractivity contribution >= 4 is 29.1 Å². The second-order valence-electron chi connectivity index (χ2n) is 8.40. The summed E-state index contributed by atoms with van der Waals surface area (Å²) >= 11 is 6.07. The van der Waals surface area contributed by atoms with Crippen LogP contribution in [0.2, 0.25) is 5.02 Å². The minimum atomic E-state index is -0.404. The number of halogens is 1. The maximum atomic E-state index is 13.0. The number of nitrogens with one attached hydrogen (secondary N) is 1. The van der Waals surface area contributed by atoms with E-state index in [2.05, 4.69) is 10.2 Å². The molecule has 0 aromatic heterocycles. The van der Waals surface area contributed by atoms with Crippen molar-refractivity contribution in [1.82, 2.24) is 10.2 Å². The fraction of sp³-hybridized carbons (Fsp3) is 0.417. The zero-order valence-electron chi connectivity index (χ0n) is 18.2. The Morgan fingerprint density at radius 2 is 1.85 bits per heavy atom. The molecule has 0 saturated carbocycles. The van der Waals surface area contributed by atoms with Gasteiger partial charge in [0, 0.05) is 49.4 Å². The molecule has 3 heterocycles. The van der Waals surface area contributed by atoms with Gasteiger partial charge in [-0.3, -0.25) is 14.5 Å². The van der Waals surface area contributed by atoms with Gasteiger partial charge in [0.15, 0.2) is 11.5 Å². The smallest absolute Gasteiger partial charge is 0.231 e. The fourth-order valence-corrected chi connectivity index (χ4v) is 4.69. The highest BCUT2D eigenvalue weighted by Gasteiger charge is 2.36. The molecule has 3 aliphatic rings. The van der Waals surface area contributed by atoms with E-state index >= 15 is 0 Å². The van der Waals surface area contributed by atoms with Crippen molar-refractivity contribution in [2.24, 2.45) is 5.92 Å². The predicted molar refractivity (Wildman–Crippen MR) is 123 cm³/mol. The Labute approximate surface area is 197 Å². The van der Waals surface area contributed by atoms with Gasteiger partial charge in [-0.25, -0.2) is 0 Å². The molecule has 2 saturated heterocycles. The van der Waals surface area contributed by atoms with Crippen LogP contribution in [-0.4, -0.2) is 62.9 Å². The Kier molecular flexibility index (Phi) is 6.39. The SMILES string of the molecule is O=C(NCC(c1ccc(Cl)cc1)N1CCOCC1)C1CC(=O)N(c2ccc3c(c2)OCO3)C1. The highest BCUT2D eigenvalue weighted by atomic mass is 35.5. The van der Waals surface area contributed by atoms with Crippen LogP contribution in [0.25, 0.3) is 0 Å². The van der Waals surface area contributed by atoms with Gasteiger partial charge in [0.1, 0.15) is 0 Å². The summed E-state index contributed by atoms with van der Waals surface area (Å²) in [4.78, 5) is 29.7. The maximum absolute atomic E-state index is 13.0. The molecular weight excluding hydrogens is 446 g/mol. The number of hydrogen-bond acceptors (Lipinski definition) is 6. The lowest BCUT2D eigenvalue weighted by Gasteiger charge is -2.35. The summed E-state index contributed by atoms with van der Waals surface area (Å²) in [6.45, 7) is 3.89. The normalized spacial score (nSPS) is 21.3. The molecule has 9 heteroatoms. The van der Waals surface area contributed by atoms with E-state index < -0.39 is 5.92 Å². The van der Waals surface area contributed by atoms with Crippen molar-refractivity contribution in [3.8, 4) is 11.5 Å². The number of rotatable bonds is 6. The van der Waals surface area contributed by atoms with Crippen molar-refractivity contribution in [2.75, 3.05) is 51.1 Å². The lowest BCUT2D eigenvalue weighted by Crippen LogP contribution is -2.45. The molecule has 3 aliphatic heterocycles. The molecule has 2 amide bonds. The van der Waals surface area contributed by atoms with E-state index in [1.807, 2.05) is 30.3 Å². The Morgan fingerprint density at radius 1 is 1.09 bits per heavy atom. The molecule has 1 N–H and O–H groups in total. The van der Waals surface area contributed by atoms with Gasteiger partial charge >= 0.3 is 0 Å². The Bertz CT molecular complexity index is 1030. The average Bonchev–Trinajstić information content (AvgIpc) is 3.47. The van der Waals surface area contributed by atoms with Gasteiger partial charge in [0.2, 0.25) is 18.6 Å². The topological polar surface area (TPSA) is 80.3 Å². The van der Waals surface area contributed by atoms with Crippen LogP contribution in [0.15, 0.2) is 42.5 Å². The number of carbonyl (C=O) groups excluding carboxylic acids is 2. The van der Waals surface area contributed by atoms with E-state index in [0.717, 1.165) is 18.7 Å². The first-order valence-corrected chi connectivity index (χ1v) is 11.5. The first kappa shape index (κ1) is 22.0. The van der Waals surface area contributed by atoms with Gasteiger partial charge in [0.05, 0.1) is 25.2 Å². The van der Waals surface area contributed by atoms with Crippen molar-refractivity contribution in [2.45, 2.75) is 12.5 Å². The number of hydrogen-bond donors (Lipinski definition) is 1. The number of amides is 2. The van der Waals surface area contributed by atoms with E-state index in [9.17, 15) is 9.59 Å². The van der Waals surface area contributed by atoms with Crippen molar-refractivity contribution < 1.29 is 23.8 Å². The fourth-order valence-electron chi connectivity index (χ4n) is 4.56. The van der Waals surface area contributed by atoms with Gasteiger partial charge in [0.25, 0.3) is 0 Å². The van der Waals surface area contributed by atoms with E-state index in [-0.39, 0.29) is 31.1 Å². The number of nitrogens with zero attached hydrogens (tertiary/aromatic N) is 2. The third kappa shape index (κ3) is 4.78. The highest BCUT2D eigenvalue weighted by molar-refractivity contribution is 6.30. The molecule has 2 aromatic rings. The van der Waals surface area contributed by atoms with Crippen LogP contribution in [0.3, 0.4) is 0 Å². The number of anilines is 1. The molecule has 0 aliphatic carbocycles. The van der Waals surface area contributed by atoms with Crippen molar-refractivity contribution in [3.05, 3.63) is 53.1 Å². The Balaban J connectivity index is 1.24. The van der Waals surface area contributed by atoms with Crippen LogP contribution in [0, 0.1) is 5.92 Å². The summed E-state index contributed by atoms with van der Waals surface area (Å²) in [7, 11) is 0. The summed E-state index contributed by atoms with van der Waals surface area (Å²) in [6, 6.07) is 13.1. The van der Waals surface area contributed by atoms with Crippen LogP contribution in [-0.2, 0) is 14.3 Å². The lowest BCUT2D eigenvalue weighted by atomic mass is 10.0. The third-order valence-corrected chi connectivity index (χ3v) is 6.63. The molecule has 174 valence electrons. The van der Waals surface area contributed by atoms with Gasteiger partial charge in [-0.05, 0) is 29.8 Å². The Morgan fingerprint density at radius 3 is 2.64 bits per heavy atom. The molecule has 2 fully saturated rings. The van der Waals surface area contributed by atoms with Crippen molar-refractivity contribution in [3.63, 3.8) is 0 Å². The van der Waals surface area contributed by atoms with E-state index in [1.165, 1.54) is 0 Å². The molecule has 0 radical (unpaired) electrons. The number of benzene rings is 2. The largest absolute Gasteiger partial charge is 0.454 e. The van der Waals surface area contributed by atoms with Gasteiger partial charge in [-0.15, -0.1) is 0 Å². The minimum absolute atomic E-state index is 0.0113. The average molecular weight is 472 g/mol. The van der Waals surface area contributed by atoms with Gasteiger partial charge < -0.3 is 24.4 Å². The molecule has 33 heavy (non-hydrogen) atoms. The molecular formula is C24H26ClN3O5. The first-order chi connectivity index (χ1) is 16.1. The van der Waals surface area contributed by atoms with E-state index in [0.29, 0.717) is 48.5 Å². The predicted octanol–water partition coefficient (Wildman–Crippen LogP) is 2.61. The summed E-state index contributed by atoms with van der Waals surface area (Å²) in [6.07, 6.45) is 0.184. The lowest BCUT2D eigenvalue weighted by molar-refractivity contribution is -0.126.